The summed E-state index contributed by atoms with van der Waals surface area (Å²) in [5, 5.41) is 20.0. The predicted octanol–water partition coefficient (Wildman–Crippen LogP) is 3.93. The van der Waals surface area contributed by atoms with Gasteiger partial charge in [0.05, 0.1) is 11.5 Å². The van der Waals surface area contributed by atoms with Crippen molar-refractivity contribution in [2.75, 3.05) is 31.1 Å². The molecule has 0 amide bonds. The molecule has 1 aromatic heterocycles. The number of halogens is 1. The summed E-state index contributed by atoms with van der Waals surface area (Å²) in [5.74, 6) is 1.07. The van der Waals surface area contributed by atoms with Crippen molar-refractivity contribution in [1.29, 1.82) is 0 Å². The summed E-state index contributed by atoms with van der Waals surface area (Å²) in [6, 6.07) is 12.7. The molecule has 0 bridgehead atoms. The number of anilines is 1. The summed E-state index contributed by atoms with van der Waals surface area (Å²) in [7, 11) is 0. The molecule has 1 saturated heterocycles. The van der Waals surface area contributed by atoms with Crippen LogP contribution in [-0.2, 0) is 6.54 Å². The molecule has 0 atom stereocenters. The number of nitro benzene ring substituents is 1. The lowest BCUT2D eigenvalue weighted by Crippen LogP contribution is -2.46. The van der Waals surface area contributed by atoms with Crippen molar-refractivity contribution in [2.45, 2.75) is 13.5 Å². The van der Waals surface area contributed by atoms with Crippen molar-refractivity contribution < 1.29 is 9.34 Å². The highest BCUT2D eigenvalue weighted by molar-refractivity contribution is 6.30. The second-order valence-electron chi connectivity index (χ2n) is 7.02. The van der Waals surface area contributed by atoms with E-state index in [0.29, 0.717) is 42.1 Å². The van der Waals surface area contributed by atoms with Gasteiger partial charge in [0.1, 0.15) is 5.69 Å². The first kappa shape index (κ1) is 19.4. The molecule has 0 unspecified atom stereocenters. The Hall–Kier alpha value is -2.97. The van der Waals surface area contributed by atoms with E-state index in [0.717, 1.165) is 18.7 Å². The number of piperazine rings is 1. The SMILES string of the molecule is Cc1ccc(-c2nnc(CN3CCN(c4ccc(Cl)cc4[N+](=O)[O-])CC3)o2)cc1. The molecule has 4 rings (SSSR count). The van der Waals surface area contributed by atoms with E-state index < -0.39 is 4.92 Å². The summed E-state index contributed by atoms with van der Waals surface area (Å²) in [4.78, 5) is 15.2. The molecule has 29 heavy (non-hydrogen) atoms. The lowest BCUT2D eigenvalue weighted by molar-refractivity contribution is -0.384. The number of nitrogens with zero attached hydrogens (tertiary/aromatic N) is 5. The Morgan fingerprint density at radius 3 is 2.52 bits per heavy atom. The van der Waals surface area contributed by atoms with Crippen LogP contribution in [0, 0.1) is 17.0 Å². The van der Waals surface area contributed by atoms with Gasteiger partial charge >= 0.3 is 0 Å². The van der Waals surface area contributed by atoms with E-state index in [1.807, 2.05) is 36.1 Å². The van der Waals surface area contributed by atoms with Gasteiger partial charge in [-0.3, -0.25) is 15.0 Å². The standard InChI is InChI=1S/C20H20ClN5O3/c1-14-2-4-15(5-3-14)20-23-22-19(29-20)13-24-8-10-25(11-9-24)17-7-6-16(21)12-18(17)26(27)28/h2-7,12H,8-11,13H2,1H3. The van der Waals surface area contributed by atoms with E-state index in [1.54, 1.807) is 12.1 Å². The molecule has 8 nitrogen and oxygen atoms in total. The van der Waals surface area contributed by atoms with Crippen LogP contribution in [0.2, 0.25) is 5.02 Å². The molecule has 1 aliphatic heterocycles. The van der Waals surface area contributed by atoms with Crippen molar-refractivity contribution >= 4 is 23.0 Å². The molecule has 9 heteroatoms. The highest BCUT2D eigenvalue weighted by Gasteiger charge is 2.25. The molecule has 2 aromatic carbocycles. The van der Waals surface area contributed by atoms with Gasteiger partial charge in [-0.15, -0.1) is 10.2 Å². The zero-order chi connectivity index (χ0) is 20.4. The first-order valence-corrected chi connectivity index (χ1v) is 9.68. The fourth-order valence-electron chi connectivity index (χ4n) is 3.38. The first-order valence-electron chi connectivity index (χ1n) is 9.30. The van der Waals surface area contributed by atoms with E-state index in [1.165, 1.54) is 11.6 Å². The highest BCUT2D eigenvalue weighted by atomic mass is 35.5. The van der Waals surface area contributed by atoms with Crippen molar-refractivity contribution in [3.05, 3.63) is 69.1 Å². The molecule has 2 heterocycles. The Kier molecular flexibility index (Phi) is 5.46. The van der Waals surface area contributed by atoms with E-state index in [4.69, 9.17) is 16.0 Å². The van der Waals surface area contributed by atoms with Crippen LogP contribution in [0.15, 0.2) is 46.9 Å². The third-order valence-corrected chi connectivity index (χ3v) is 5.21. The van der Waals surface area contributed by atoms with Crippen LogP contribution in [0.4, 0.5) is 11.4 Å². The average Bonchev–Trinajstić information content (AvgIpc) is 3.17. The minimum atomic E-state index is -0.390. The largest absolute Gasteiger partial charge is 0.419 e. The van der Waals surface area contributed by atoms with Crippen LogP contribution < -0.4 is 4.90 Å². The van der Waals surface area contributed by atoms with E-state index in [-0.39, 0.29) is 5.69 Å². The highest BCUT2D eigenvalue weighted by Crippen LogP contribution is 2.31. The minimum Gasteiger partial charge on any atom is -0.419 e. The smallest absolute Gasteiger partial charge is 0.294 e. The van der Waals surface area contributed by atoms with E-state index in [9.17, 15) is 10.1 Å². The Balaban J connectivity index is 1.39. The first-order chi connectivity index (χ1) is 14.0. The van der Waals surface area contributed by atoms with E-state index in [2.05, 4.69) is 15.1 Å². The third-order valence-electron chi connectivity index (χ3n) is 4.97. The van der Waals surface area contributed by atoms with Gasteiger partial charge < -0.3 is 9.32 Å². The summed E-state index contributed by atoms with van der Waals surface area (Å²) in [6.07, 6.45) is 0. The lowest BCUT2D eigenvalue weighted by atomic mass is 10.1. The zero-order valence-electron chi connectivity index (χ0n) is 15.9. The van der Waals surface area contributed by atoms with Gasteiger partial charge in [0.15, 0.2) is 0 Å². The van der Waals surface area contributed by atoms with Gasteiger partial charge in [0.2, 0.25) is 11.8 Å². The Morgan fingerprint density at radius 2 is 1.83 bits per heavy atom. The molecule has 0 N–H and O–H groups in total. The van der Waals surface area contributed by atoms with Gasteiger partial charge in [0.25, 0.3) is 5.69 Å². The number of aromatic nitrogens is 2. The lowest BCUT2D eigenvalue weighted by Gasteiger charge is -2.35. The van der Waals surface area contributed by atoms with Gasteiger partial charge in [-0.25, -0.2) is 0 Å². The maximum atomic E-state index is 11.3. The maximum Gasteiger partial charge on any atom is 0.294 e. The fraction of sp³-hybridized carbons (Fsp3) is 0.300. The van der Waals surface area contributed by atoms with Gasteiger partial charge in [-0.2, -0.15) is 0 Å². The van der Waals surface area contributed by atoms with Gasteiger partial charge in [-0.1, -0.05) is 29.3 Å². The number of nitro groups is 1. The molecular formula is C20H20ClN5O3. The quantitative estimate of drug-likeness (QED) is 0.462. The van der Waals surface area contributed by atoms with Gasteiger partial charge in [-0.05, 0) is 31.2 Å². The van der Waals surface area contributed by atoms with Crippen LogP contribution >= 0.6 is 11.6 Å². The summed E-state index contributed by atoms with van der Waals surface area (Å²) in [5.41, 5.74) is 2.70. The number of hydrogen-bond acceptors (Lipinski definition) is 7. The summed E-state index contributed by atoms with van der Waals surface area (Å²) < 4.78 is 5.81. The van der Waals surface area contributed by atoms with Crippen molar-refractivity contribution in [2.24, 2.45) is 0 Å². The molecule has 0 aliphatic carbocycles. The van der Waals surface area contributed by atoms with Crippen LogP contribution in [0.3, 0.4) is 0 Å². The Bertz CT molecular complexity index is 1010. The Morgan fingerprint density at radius 1 is 1.10 bits per heavy atom. The molecule has 1 aliphatic rings. The number of rotatable bonds is 5. The average molecular weight is 414 g/mol. The predicted molar refractivity (Wildman–Crippen MR) is 110 cm³/mol. The van der Waals surface area contributed by atoms with Crippen LogP contribution in [0.25, 0.3) is 11.5 Å². The molecule has 0 radical (unpaired) electrons. The fourth-order valence-corrected chi connectivity index (χ4v) is 3.55. The zero-order valence-corrected chi connectivity index (χ0v) is 16.7. The van der Waals surface area contributed by atoms with Gasteiger partial charge in [0, 0.05) is 42.8 Å². The maximum absolute atomic E-state index is 11.3. The molecule has 0 saturated carbocycles. The number of aryl methyl sites for hydroxylation is 1. The molecule has 150 valence electrons. The molecular weight excluding hydrogens is 394 g/mol. The van der Waals surface area contributed by atoms with E-state index >= 15 is 0 Å². The topological polar surface area (TPSA) is 88.5 Å². The summed E-state index contributed by atoms with van der Waals surface area (Å²) >= 11 is 5.91. The number of benzene rings is 2. The van der Waals surface area contributed by atoms with Crippen molar-refractivity contribution in [3.63, 3.8) is 0 Å². The van der Waals surface area contributed by atoms with Crippen molar-refractivity contribution in [1.82, 2.24) is 15.1 Å². The molecule has 3 aromatic rings. The molecule has 1 fully saturated rings. The Labute approximate surface area is 172 Å². The second kappa shape index (κ2) is 8.18. The van der Waals surface area contributed by atoms with Crippen molar-refractivity contribution in [3.8, 4) is 11.5 Å². The third kappa shape index (κ3) is 4.38. The van der Waals surface area contributed by atoms with Crippen LogP contribution in [-0.4, -0.2) is 46.2 Å². The molecule has 0 spiro atoms. The monoisotopic (exact) mass is 413 g/mol. The summed E-state index contributed by atoms with van der Waals surface area (Å²) in [6.45, 7) is 5.39. The minimum absolute atomic E-state index is 0.0330. The number of hydrogen-bond donors (Lipinski definition) is 0. The normalized spacial score (nSPS) is 14.9. The van der Waals surface area contributed by atoms with Crippen LogP contribution in [0.5, 0.6) is 0 Å². The second-order valence-corrected chi connectivity index (χ2v) is 7.46. The van der Waals surface area contributed by atoms with Crippen LogP contribution in [0.1, 0.15) is 11.5 Å².